The Morgan fingerprint density at radius 2 is 2.19 bits per heavy atom. The highest BCUT2D eigenvalue weighted by atomic mass is 15.0. The Labute approximate surface area is 120 Å². The Morgan fingerprint density at radius 1 is 1.29 bits per heavy atom. The van der Waals surface area contributed by atoms with Crippen LogP contribution in [0.3, 0.4) is 0 Å². The lowest BCUT2D eigenvalue weighted by molar-refractivity contribution is 1.17. The summed E-state index contributed by atoms with van der Waals surface area (Å²) in [5.74, 6) is 0.770. The normalized spacial score (nSPS) is 10.3. The fourth-order valence-corrected chi connectivity index (χ4v) is 1.97. The van der Waals surface area contributed by atoms with E-state index in [2.05, 4.69) is 25.3 Å². The molecule has 3 rings (SSSR count). The first kappa shape index (κ1) is 12.8. The summed E-state index contributed by atoms with van der Waals surface area (Å²) in [4.78, 5) is 15.1. The second-order valence-corrected chi connectivity index (χ2v) is 4.34. The Morgan fingerprint density at radius 3 is 2.95 bits per heavy atom. The first-order valence-corrected chi connectivity index (χ1v) is 6.24. The van der Waals surface area contributed by atoms with Crippen LogP contribution in [0.15, 0.2) is 43.1 Å². The van der Waals surface area contributed by atoms with Crippen molar-refractivity contribution in [1.82, 2.24) is 19.9 Å². The van der Waals surface area contributed by atoms with Crippen molar-refractivity contribution in [1.29, 1.82) is 5.41 Å². The van der Waals surface area contributed by atoms with Gasteiger partial charge in [0, 0.05) is 17.5 Å². The molecule has 2 heterocycles. The molecule has 0 aliphatic carbocycles. The molecule has 0 saturated carbocycles. The Kier molecular flexibility index (Phi) is 3.30. The summed E-state index contributed by atoms with van der Waals surface area (Å²) in [6, 6.07) is 7.77. The van der Waals surface area contributed by atoms with Crippen molar-refractivity contribution >= 4 is 23.5 Å². The predicted octanol–water partition coefficient (Wildman–Crippen LogP) is 2.19. The summed E-state index contributed by atoms with van der Waals surface area (Å²) in [7, 11) is 0. The monoisotopic (exact) mass is 279 g/mol. The Balaban J connectivity index is 1.94. The fraction of sp³-hybridized carbons (Fsp3) is 0. The largest absolute Gasteiger partial charge is 0.383 e. The molecule has 0 atom stereocenters. The van der Waals surface area contributed by atoms with Crippen molar-refractivity contribution in [2.24, 2.45) is 0 Å². The van der Waals surface area contributed by atoms with E-state index in [4.69, 9.17) is 11.1 Å². The second-order valence-electron chi connectivity index (χ2n) is 4.34. The van der Waals surface area contributed by atoms with Crippen molar-refractivity contribution < 1.29 is 0 Å². The molecule has 2 aromatic heterocycles. The molecule has 3 aromatic rings. The number of aromatic amines is 1. The summed E-state index contributed by atoms with van der Waals surface area (Å²) in [6.45, 7) is 0. The Bertz CT molecular complexity index is 765. The van der Waals surface area contributed by atoms with Gasteiger partial charge in [-0.2, -0.15) is 0 Å². The van der Waals surface area contributed by atoms with Gasteiger partial charge in [-0.15, -0.1) is 0 Å². The number of nitrogen functional groups attached to an aromatic ring is 1. The van der Waals surface area contributed by atoms with Crippen LogP contribution < -0.4 is 11.1 Å². The van der Waals surface area contributed by atoms with E-state index in [1.165, 1.54) is 6.33 Å². The van der Waals surface area contributed by atoms with Crippen molar-refractivity contribution in [3.63, 3.8) is 0 Å². The summed E-state index contributed by atoms with van der Waals surface area (Å²) < 4.78 is 0. The molecular formula is C14H13N7. The van der Waals surface area contributed by atoms with Crippen LogP contribution in [0.5, 0.6) is 0 Å². The van der Waals surface area contributed by atoms with Gasteiger partial charge in [-0.25, -0.2) is 15.0 Å². The Hall–Kier alpha value is -3.22. The molecule has 5 N–H and O–H groups in total. The van der Waals surface area contributed by atoms with E-state index >= 15 is 0 Å². The molecule has 0 aliphatic heterocycles. The van der Waals surface area contributed by atoms with Crippen molar-refractivity contribution in [2.45, 2.75) is 0 Å². The van der Waals surface area contributed by atoms with Gasteiger partial charge in [-0.3, -0.25) is 0 Å². The smallest absolute Gasteiger partial charge is 0.144 e. The zero-order valence-electron chi connectivity index (χ0n) is 11.0. The van der Waals surface area contributed by atoms with E-state index in [9.17, 15) is 0 Å². The van der Waals surface area contributed by atoms with Crippen LogP contribution in [0.25, 0.3) is 11.3 Å². The molecule has 0 spiro atoms. The van der Waals surface area contributed by atoms with Gasteiger partial charge in [0.25, 0.3) is 0 Å². The molecule has 0 radical (unpaired) electrons. The minimum atomic E-state index is 0.271. The van der Waals surface area contributed by atoms with Crippen LogP contribution in [0, 0.1) is 5.41 Å². The van der Waals surface area contributed by atoms with Gasteiger partial charge in [0.1, 0.15) is 18.0 Å². The van der Waals surface area contributed by atoms with Crippen molar-refractivity contribution in [3.05, 3.63) is 48.7 Å². The van der Waals surface area contributed by atoms with E-state index in [1.54, 1.807) is 12.5 Å². The van der Waals surface area contributed by atoms with Crippen LogP contribution in [0.2, 0.25) is 0 Å². The van der Waals surface area contributed by atoms with Crippen molar-refractivity contribution in [2.75, 3.05) is 11.1 Å². The van der Waals surface area contributed by atoms with E-state index in [0.29, 0.717) is 11.4 Å². The van der Waals surface area contributed by atoms with Crippen LogP contribution >= 0.6 is 0 Å². The first-order valence-electron chi connectivity index (χ1n) is 6.24. The quantitative estimate of drug-likeness (QED) is 0.546. The lowest BCUT2D eigenvalue weighted by Crippen LogP contribution is -2.04. The van der Waals surface area contributed by atoms with Crippen LogP contribution in [-0.2, 0) is 0 Å². The van der Waals surface area contributed by atoms with Gasteiger partial charge < -0.3 is 21.4 Å². The van der Waals surface area contributed by atoms with Crippen LogP contribution in [0.4, 0.5) is 17.3 Å². The number of hydrogen-bond donors (Lipinski definition) is 4. The molecule has 0 fully saturated rings. The SMILES string of the molecule is N=Cc1c(N)ncnc1Nc1cccc(-c2cnc[nH]2)c1. The standard InChI is InChI=1S/C14H13N7/c15-5-11-13(16)19-8-20-14(11)21-10-3-1-2-9(4-10)12-6-17-7-18-12/h1-8,15H,(H,17,18)(H3,16,19,20,21). The van der Waals surface area contributed by atoms with Gasteiger partial charge in [-0.05, 0) is 12.1 Å². The highest BCUT2D eigenvalue weighted by molar-refractivity contribution is 5.91. The van der Waals surface area contributed by atoms with Crippen molar-refractivity contribution in [3.8, 4) is 11.3 Å². The highest BCUT2D eigenvalue weighted by Gasteiger charge is 2.07. The molecule has 0 bridgehead atoms. The lowest BCUT2D eigenvalue weighted by Gasteiger charge is -2.10. The van der Waals surface area contributed by atoms with Gasteiger partial charge >= 0.3 is 0 Å². The van der Waals surface area contributed by atoms with Gasteiger partial charge in [0.2, 0.25) is 0 Å². The average molecular weight is 279 g/mol. The molecule has 21 heavy (non-hydrogen) atoms. The maximum Gasteiger partial charge on any atom is 0.144 e. The molecule has 7 heteroatoms. The maximum atomic E-state index is 7.41. The summed E-state index contributed by atoms with van der Waals surface area (Å²) >= 11 is 0. The molecule has 7 nitrogen and oxygen atoms in total. The van der Waals surface area contributed by atoms with E-state index in [0.717, 1.165) is 23.2 Å². The number of hydrogen-bond acceptors (Lipinski definition) is 6. The highest BCUT2D eigenvalue weighted by Crippen LogP contribution is 2.24. The van der Waals surface area contributed by atoms with Crippen LogP contribution in [0.1, 0.15) is 5.56 Å². The molecule has 0 amide bonds. The lowest BCUT2D eigenvalue weighted by atomic mass is 10.1. The molecule has 0 unspecified atom stereocenters. The molecular weight excluding hydrogens is 266 g/mol. The fourth-order valence-electron chi connectivity index (χ4n) is 1.97. The summed E-state index contributed by atoms with van der Waals surface area (Å²) in [6.07, 6.45) is 5.89. The number of H-pyrrole nitrogens is 1. The predicted molar refractivity (Wildman–Crippen MR) is 81.6 cm³/mol. The minimum absolute atomic E-state index is 0.271. The van der Waals surface area contributed by atoms with Gasteiger partial charge in [-0.1, -0.05) is 12.1 Å². The van der Waals surface area contributed by atoms with Gasteiger partial charge in [0.05, 0.1) is 23.8 Å². The number of nitrogens with two attached hydrogens (primary N) is 1. The third-order valence-corrected chi connectivity index (χ3v) is 2.99. The first-order chi connectivity index (χ1) is 10.3. The number of imidazole rings is 1. The average Bonchev–Trinajstić information content (AvgIpc) is 3.02. The second kappa shape index (κ2) is 5.41. The molecule has 0 saturated heterocycles. The molecule has 0 aliphatic rings. The van der Waals surface area contributed by atoms with E-state index < -0.39 is 0 Å². The minimum Gasteiger partial charge on any atom is -0.383 e. The van der Waals surface area contributed by atoms with E-state index in [1.807, 2.05) is 24.3 Å². The van der Waals surface area contributed by atoms with E-state index in [-0.39, 0.29) is 5.82 Å². The zero-order valence-corrected chi connectivity index (χ0v) is 11.0. The third-order valence-electron chi connectivity index (χ3n) is 2.99. The van der Waals surface area contributed by atoms with Gasteiger partial charge in [0.15, 0.2) is 0 Å². The zero-order chi connectivity index (χ0) is 14.7. The topological polar surface area (TPSA) is 116 Å². The maximum absolute atomic E-state index is 7.41. The summed E-state index contributed by atoms with van der Waals surface area (Å²) in [5.41, 5.74) is 8.96. The number of nitrogens with zero attached hydrogens (tertiary/aromatic N) is 3. The number of benzene rings is 1. The number of nitrogens with one attached hydrogen (secondary N) is 3. The number of aromatic nitrogens is 4. The summed E-state index contributed by atoms with van der Waals surface area (Å²) in [5, 5.41) is 10.6. The number of rotatable bonds is 4. The third kappa shape index (κ3) is 2.57. The molecule has 1 aromatic carbocycles. The molecule has 104 valence electrons. The number of anilines is 3. The van der Waals surface area contributed by atoms with Crippen LogP contribution in [-0.4, -0.2) is 26.2 Å².